The predicted molar refractivity (Wildman–Crippen MR) is 105 cm³/mol. The first-order chi connectivity index (χ1) is 12.4. The van der Waals surface area contributed by atoms with Gasteiger partial charge in [0.15, 0.2) is 5.17 Å². The molecule has 0 radical (unpaired) electrons. The Bertz CT molecular complexity index is 993. The number of rotatable bonds is 3. The Hall–Kier alpha value is -1.90. The number of nitrogens with zero attached hydrogens (tertiary/aromatic N) is 1. The number of ether oxygens (including phenoxy) is 1. The number of amidine groups is 1. The van der Waals surface area contributed by atoms with Crippen LogP contribution in [0.2, 0.25) is 5.02 Å². The SMILES string of the molecule is NC1=NC2(CCOc3ccc(NS(=O)(=O)c4ccc(Cl)cc4)cc32)CS1. The Labute approximate surface area is 160 Å². The number of benzene rings is 2. The van der Waals surface area contributed by atoms with Crippen LogP contribution >= 0.6 is 23.4 Å². The minimum Gasteiger partial charge on any atom is -0.493 e. The van der Waals surface area contributed by atoms with Crippen LogP contribution in [0.1, 0.15) is 12.0 Å². The van der Waals surface area contributed by atoms with Gasteiger partial charge in [-0.2, -0.15) is 0 Å². The largest absolute Gasteiger partial charge is 0.493 e. The zero-order chi connectivity index (χ0) is 18.4. The first kappa shape index (κ1) is 17.5. The topological polar surface area (TPSA) is 93.8 Å². The molecule has 0 amide bonds. The second-order valence-corrected chi connectivity index (χ2v) is 9.25. The van der Waals surface area contributed by atoms with E-state index < -0.39 is 15.6 Å². The van der Waals surface area contributed by atoms with Crippen molar-refractivity contribution >= 4 is 44.2 Å². The molecule has 0 saturated heterocycles. The van der Waals surface area contributed by atoms with Crippen LogP contribution in [0.5, 0.6) is 5.75 Å². The molecule has 0 aromatic heterocycles. The molecule has 2 aromatic carbocycles. The molecular weight excluding hydrogens is 394 g/mol. The third-order valence-electron chi connectivity index (χ3n) is 4.41. The molecule has 2 aliphatic heterocycles. The Morgan fingerprint density at radius 2 is 2.00 bits per heavy atom. The van der Waals surface area contributed by atoms with Gasteiger partial charge in [0.25, 0.3) is 10.0 Å². The van der Waals surface area contributed by atoms with Gasteiger partial charge in [0, 0.05) is 28.4 Å². The van der Waals surface area contributed by atoms with Crippen molar-refractivity contribution in [1.29, 1.82) is 0 Å². The lowest BCUT2D eigenvalue weighted by Crippen LogP contribution is -2.32. The van der Waals surface area contributed by atoms with Crippen LogP contribution in [0.15, 0.2) is 52.4 Å². The van der Waals surface area contributed by atoms with Gasteiger partial charge in [-0.1, -0.05) is 23.4 Å². The number of sulfonamides is 1. The second-order valence-electron chi connectivity index (χ2n) is 6.14. The number of hydrogen-bond donors (Lipinski definition) is 2. The molecule has 3 N–H and O–H groups in total. The summed E-state index contributed by atoms with van der Waals surface area (Å²) >= 11 is 7.33. The molecule has 26 heavy (non-hydrogen) atoms. The lowest BCUT2D eigenvalue weighted by Gasteiger charge is -2.32. The van der Waals surface area contributed by atoms with E-state index in [-0.39, 0.29) is 4.90 Å². The molecule has 136 valence electrons. The molecule has 2 heterocycles. The molecule has 9 heteroatoms. The van der Waals surface area contributed by atoms with E-state index in [9.17, 15) is 8.42 Å². The van der Waals surface area contributed by atoms with Gasteiger partial charge in [-0.15, -0.1) is 0 Å². The fourth-order valence-corrected chi connectivity index (χ4v) is 5.28. The van der Waals surface area contributed by atoms with Crippen LogP contribution in [0.4, 0.5) is 5.69 Å². The highest BCUT2D eigenvalue weighted by atomic mass is 35.5. The number of anilines is 1. The Morgan fingerprint density at radius 3 is 2.69 bits per heavy atom. The number of halogens is 1. The van der Waals surface area contributed by atoms with Crippen molar-refractivity contribution in [3.63, 3.8) is 0 Å². The summed E-state index contributed by atoms with van der Waals surface area (Å²) in [5, 5.41) is 1.02. The highest BCUT2D eigenvalue weighted by Gasteiger charge is 2.41. The summed E-state index contributed by atoms with van der Waals surface area (Å²) in [4.78, 5) is 4.75. The number of nitrogens with two attached hydrogens (primary N) is 1. The molecule has 0 saturated carbocycles. The predicted octanol–water partition coefficient (Wildman–Crippen LogP) is 3.18. The van der Waals surface area contributed by atoms with Gasteiger partial charge in [-0.3, -0.25) is 9.71 Å². The van der Waals surface area contributed by atoms with Gasteiger partial charge in [0.1, 0.15) is 11.3 Å². The van der Waals surface area contributed by atoms with Gasteiger partial charge < -0.3 is 10.5 Å². The molecule has 0 fully saturated rings. The van der Waals surface area contributed by atoms with Crippen LogP contribution in [-0.4, -0.2) is 25.9 Å². The number of thioether (sulfide) groups is 1. The summed E-state index contributed by atoms with van der Waals surface area (Å²) in [6.45, 7) is 0.556. The fraction of sp³-hybridized carbons (Fsp3) is 0.235. The summed E-state index contributed by atoms with van der Waals surface area (Å²) < 4.78 is 33.5. The number of fused-ring (bicyclic) bond motifs is 2. The van der Waals surface area contributed by atoms with Crippen LogP contribution in [0, 0.1) is 0 Å². The van der Waals surface area contributed by atoms with Crippen molar-refractivity contribution < 1.29 is 13.2 Å². The molecule has 0 bridgehead atoms. The minimum absolute atomic E-state index is 0.143. The molecule has 1 spiro atoms. The van der Waals surface area contributed by atoms with Crippen molar-refractivity contribution in [2.75, 3.05) is 17.1 Å². The minimum atomic E-state index is -3.72. The highest BCUT2D eigenvalue weighted by molar-refractivity contribution is 8.14. The van der Waals surface area contributed by atoms with Gasteiger partial charge in [0.05, 0.1) is 11.5 Å². The molecule has 6 nitrogen and oxygen atoms in total. The van der Waals surface area contributed by atoms with E-state index in [1.165, 1.54) is 23.9 Å². The van der Waals surface area contributed by atoms with Gasteiger partial charge in [-0.25, -0.2) is 8.42 Å². The number of aliphatic imine (C=N–C) groups is 1. The van der Waals surface area contributed by atoms with Crippen molar-refractivity contribution in [3.05, 3.63) is 53.1 Å². The first-order valence-electron chi connectivity index (χ1n) is 7.92. The zero-order valence-electron chi connectivity index (χ0n) is 13.6. The highest BCUT2D eigenvalue weighted by Crippen LogP contribution is 2.46. The van der Waals surface area contributed by atoms with E-state index >= 15 is 0 Å². The van der Waals surface area contributed by atoms with E-state index in [1.54, 1.807) is 30.3 Å². The molecule has 2 aromatic rings. The van der Waals surface area contributed by atoms with Crippen LogP contribution < -0.4 is 15.2 Å². The van der Waals surface area contributed by atoms with Crippen molar-refractivity contribution in [2.24, 2.45) is 10.7 Å². The summed E-state index contributed by atoms with van der Waals surface area (Å²) in [5.74, 6) is 1.44. The van der Waals surface area contributed by atoms with Gasteiger partial charge in [-0.05, 0) is 42.5 Å². The molecule has 4 rings (SSSR count). The fourth-order valence-electron chi connectivity index (χ4n) is 3.11. The molecule has 0 aliphatic carbocycles. The van der Waals surface area contributed by atoms with Crippen molar-refractivity contribution in [3.8, 4) is 5.75 Å². The zero-order valence-corrected chi connectivity index (χ0v) is 16.0. The van der Waals surface area contributed by atoms with Crippen LogP contribution in [-0.2, 0) is 15.6 Å². The van der Waals surface area contributed by atoms with Gasteiger partial charge in [0.2, 0.25) is 0 Å². The maximum Gasteiger partial charge on any atom is 0.261 e. The van der Waals surface area contributed by atoms with Crippen molar-refractivity contribution in [2.45, 2.75) is 16.9 Å². The molecule has 2 aliphatic rings. The van der Waals surface area contributed by atoms with E-state index in [2.05, 4.69) is 9.71 Å². The van der Waals surface area contributed by atoms with Crippen LogP contribution in [0.25, 0.3) is 0 Å². The van der Waals surface area contributed by atoms with Crippen LogP contribution in [0.3, 0.4) is 0 Å². The maximum absolute atomic E-state index is 12.6. The molecule has 1 unspecified atom stereocenters. The normalized spacial score (nSPS) is 21.8. The first-order valence-corrected chi connectivity index (χ1v) is 10.8. The summed E-state index contributed by atoms with van der Waals surface area (Å²) in [6.07, 6.45) is 0.709. The number of nitrogens with one attached hydrogen (secondary N) is 1. The molecular formula is C17H16ClN3O3S2. The molecule has 1 atom stereocenters. The Morgan fingerprint density at radius 1 is 1.23 bits per heavy atom. The summed E-state index contributed by atoms with van der Waals surface area (Å²) in [5.41, 5.74) is 6.73. The average molecular weight is 410 g/mol. The standard InChI is InChI=1S/C17H16ClN3O3S2/c18-11-1-4-13(5-2-11)26(22,23)21-12-3-6-15-14(9-12)17(7-8-24-15)10-25-16(19)20-17/h1-6,9,21H,7-8,10H2,(H2,19,20). The maximum atomic E-state index is 12.6. The third kappa shape index (κ3) is 3.13. The number of hydrogen-bond acceptors (Lipinski definition) is 6. The third-order valence-corrected chi connectivity index (χ3v) is 7.07. The average Bonchev–Trinajstić information content (AvgIpc) is 2.97. The quantitative estimate of drug-likeness (QED) is 0.811. The lowest BCUT2D eigenvalue weighted by molar-refractivity contribution is 0.232. The van der Waals surface area contributed by atoms with E-state index in [0.717, 1.165) is 11.3 Å². The smallest absolute Gasteiger partial charge is 0.261 e. The van der Waals surface area contributed by atoms with Crippen molar-refractivity contribution in [1.82, 2.24) is 0 Å². The lowest BCUT2D eigenvalue weighted by atomic mass is 9.86. The monoisotopic (exact) mass is 409 g/mol. The van der Waals surface area contributed by atoms with E-state index in [4.69, 9.17) is 22.1 Å². The van der Waals surface area contributed by atoms with E-state index in [1.807, 2.05) is 0 Å². The van der Waals surface area contributed by atoms with Gasteiger partial charge >= 0.3 is 0 Å². The van der Waals surface area contributed by atoms with E-state index in [0.29, 0.717) is 34.7 Å². The Kier molecular flexibility index (Phi) is 4.29. The summed E-state index contributed by atoms with van der Waals surface area (Å²) in [7, 11) is -3.72. The second kappa shape index (κ2) is 6.37. The Balaban J connectivity index is 1.69. The summed E-state index contributed by atoms with van der Waals surface area (Å²) in [6, 6.07) is 11.2.